The second-order valence-corrected chi connectivity index (χ2v) is 3.92. The average molecular weight is 268 g/mol. The lowest BCUT2D eigenvalue weighted by Gasteiger charge is -2.05. The highest BCUT2D eigenvalue weighted by atomic mass is 32.1. The highest BCUT2D eigenvalue weighted by Crippen LogP contribution is 2.06. The van der Waals surface area contributed by atoms with Crippen molar-refractivity contribution >= 4 is 29.2 Å². The Morgan fingerprint density at radius 3 is 2.83 bits per heavy atom. The van der Waals surface area contributed by atoms with E-state index in [0.29, 0.717) is 5.56 Å². The van der Waals surface area contributed by atoms with Crippen molar-refractivity contribution < 1.29 is 19.1 Å². The lowest BCUT2D eigenvalue weighted by molar-refractivity contribution is -0.123. The number of carbonyl (C=O) groups is 3. The summed E-state index contributed by atoms with van der Waals surface area (Å²) in [5, 5.41) is 7.68. The molecule has 1 rings (SSSR count). The van der Waals surface area contributed by atoms with E-state index in [1.54, 1.807) is 16.8 Å². The molecule has 0 atom stereocenters. The minimum Gasteiger partial charge on any atom is -0.452 e. The van der Waals surface area contributed by atoms with Crippen LogP contribution in [0.1, 0.15) is 10.4 Å². The average Bonchev–Trinajstić information content (AvgIpc) is 2.87. The predicted octanol–water partition coefficient (Wildman–Crippen LogP) is 0.917. The van der Waals surface area contributed by atoms with Gasteiger partial charge in [0.2, 0.25) is 0 Å². The first kappa shape index (κ1) is 13.9. The molecule has 0 bridgehead atoms. The molecule has 2 N–H and O–H groups in total. The van der Waals surface area contributed by atoms with Crippen LogP contribution in [0.2, 0.25) is 0 Å². The molecular weight excluding hydrogens is 256 g/mol. The maximum Gasteiger partial charge on any atom is 0.339 e. The van der Waals surface area contributed by atoms with Crippen LogP contribution in [0.15, 0.2) is 29.5 Å². The Morgan fingerprint density at radius 2 is 2.22 bits per heavy atom. The number of hydrogen-bond donors (Lipinski definition) is 2. The Kier molecular flexibility index (Phi) is 5.59. The molecule has 7 heteroatoms. The minimum atomic E-state index is -0.694. The third-order valence-electron chi connectivity index (χ3n) is 1.75. The summed E-state index contributed by atoms with van der Waals surface area (Å²) in [5.74, 6) is -1.29. The first-order valence-corrected chi connectivity index (χ1v) is 5.95. The molecule has 0 saturated heterocycles. The molecule has 18 heavy (non-hydrogen) atoms. The number of urea groups is 1. The maximum absolute atomic E-state index is 11.4. The van der Waals surface area contributed by atoms with E-state index in [2.05, 4.69) is 11.9 Å². The first-order valence-electron chi connectivity index (χ1n) is 5.01. The van der Waals surface area contributed by atoms with E-state index in [1.807, 2.05) is 5.32 Å². The van der Waals surface area contributed by atoms with E-state index in [9.17, 15) is 14.4 Å². The van der Waals surface area contributed by atoms with Crippen molar-refractivity contribution in [1.29, 1.82) is 0 Å². The SMILES string of the molecule is C=CCNC(=O)NC(=O)COC(=O)c1ccsc1. The molecule has 0 radical (unpaired) electrons. The Balaban J connectivity index is 2.27. The lowest BCUT2D eigenvalue weighted by Crippen LogP contribution is -2.41. The molecule has 0 aliphatic carbocycles. The molecule has 1 aromatic rings. The summed E-state index contributed by atoms with van der Waals surface area (Å²) in [6, 6.07) is 0.924. The van der Waals surface area contributed by atoms with Gasteiger partial charge in [-0.15, -0.1) is 6.58 Å². The molecule has 3 amide bonds. The molecule has 0 aliphatic heterocycles. The largest absolute Gasteiger partial charge is 0.452 e. The monoisotopic (exact) mass is 268 g/mol. The van der Waals surface area contributed by atoms with E-state index in [1.165, 1.54) is 17.4 Å². The van der Waals surface area contributed by atoms with Crippen molar-refractivity contribution in [1.82, 2.24) is 10.6 Å². The summed E-state index contributed by atoms with van der Waals surface area (Å²) >= 11 is 1.35. The summed E-state index contributed by atoms with van der Waals surface area (Å²) in [6.45, 7) is 3.14. The van der Waals surface area contributed by atoms with Gasteiger partial charge >= 0.3 is 12.0 Å². The van der Waals surface area contributed by atoms with Crippen LogP contribution in [0.4, 0.5) is 4.79 Å². The smallest absolute Gasteiger partial charge is 0.339 e. The van der Waals surface area contributed by atoms with Gasteiger partial charge in [-0.25, -0.2) is 9.59 Å². The summed E-state index contributed by atoms with van der Waals surface area (Å²) in [4.78, 5) is 33.6. The minimum absolute atomic E-state index is 0.244. The van der Waals surface area contributed by atoms with Gasteiger partial charge in [-0.05, 0) is 11.4 Å². The Morgan fingerprint density at radius 1 is 1.44 bits per heavy atom. The standard InChI is InChI=1S/C11H12N2O4S/c1-2-4-12-11(16)13-9(14)6-17-10(15)8-3-5-18-7-8/h2-3,5,7H,1,4,6H2,(H2,12,13,14,16). The molecule has 1 aromatic heterocycles. The molecule has 96 valence electrons. The van der Waals surface area contributed by atoms with Gasteiger partial charge in [0.25, 0.3) is 5.91 Å². The molecule has 0 saturated carbocycles. The number of amides is 3. The van der Waals surface area contributed by atoms with Gasteiger partial charge in [0.15, 0.2) is 6.61 Å². The molecule has 6 nitrogen and oxygen atoms in total. The number of rotatable bonds is 5. The van der Waals surface area contributed by atoms with E-state index in [0.717, 1.165) is 0 Å². The molecule has 0 aliphatic rings. The molecule has 0 aromatic carbocycles. The van der Waals surface area contributed by atoms with Gasteiger partial charge in [-0.3, -0.25) is 10.1 Å². The third-order valence-corrected chi connectivity index (χ3v) is 2.43. The number of hydrogen-bond acceptors (Lipinski definition) is 5. The van der Waals surface area contributed by atoms with Crippen molar-refractivity contribution in [3.05, 3.63) is 35.0 Å². The van der Waals surface area contributed by atoms with Crippen LogP contribution in [0.25, 0.3) is 0 Å². The zero-order valence-corrected chi connectivity index (χ0v) is 10.3. The number of nitrogens with one attached hydrogen (secondary N) is 2. The van der Waals surface area contributed by atoms with Crippen LogP contribution in [0.3, 0.4) is 0 Å². The van der Waals surface area contributed by atoms with Crippen LogP contribution in [-0.2, 0) is 9.53 Å². The molecule has 0 unspecified atom stereocenters. The second kappa shape index (κ2) is 7.23. The van der Waals surface area contributed by atoms with Gasteiger partial charge in [-0.1, -0.05) is 6.08 Å². The predicted molar refractivity (Wildman–Crippen MR) is 66.3 cm³/mol. The van der Waals surface area contributed by atoms with E-state index in [-0.39, 0.29) is 6.54 Å². The Hall–Kier alpha value is -2.15. The molecular formula is C11H12N2O4S. The van der Waals surface area contributed by atoms with Gasteiger partial charge in [-0.2, -0.15) is 11.3 Å². The number of carbonyl (C=O) groups excluding carboxylic acids is 3. The number of esters is 1. The molecule has 1 heterocycles. The topological polar surface area (TPSA) is 84.5 Å². The van der Waals surface area contributed by atoms with Gasteiger partial charge in [0.1, 0.15) is 0 Å². The first-order chi connectivity index (χ1) is 8.63. The Labute approximate surface area is 108 Å². The maximum atomic E-state index is 11.4. The molecule has 0 fully saturated rings. The summed E-state index contributed by atoms with van der Waals surface area (Å²) in [6.07, 6.45) is 1.47. The fraction of sp³-hybridized carbons (Fsp3) is 0.182. The number of ether oxygens (including phenoxy) is 1. The third kappa shape index (κ3) is 4.79. The highest BCUT2D eigenvalue weighted by Gasteiger charge is 2.12. The highest BCUT2D eigenvalue weighted by molar-refractivity contribution is 7.08. The van der Waals surface area contributed by atoms with Crippen LogP contribution in [0, 0.1) is 0 Å². The fourth-order valence-electron chi connectivity index (χ4n) is 0.967. The van der Waals surface area contributed by atoms with Gasteiger partial charge in [0.05, 0.1) is 5.56 Å². The quantitative estimate of drug-likeness (QED) is 0.614. The Bertz CT molecular complexity index is 442. The van der Waals surface area contributed by atoms with Gasteiger partial charge in [0, 0.05) is 11.9 Å². The number of thiophene rings is 1. The zero-order valence-electron chi connectivity index (χ0n) is 9.47. The second-order valence-electron chi connectivity index (χ2n) is 3.14. The van der Waals surface area contributed by atoms with E-state index >= 15 is 0 Å². The summed E-state index contributed by atoms with van der Waals surface area (Å²) in [5.41, 5.74) is 0.379. The van der Waals surface area contributed by atoms with Crippen LogP contribution >= 0.6 is 11.3 Å². The fourth-order valence-corrected chi connectivity index (χ4v) is 1.59. The van der Waals surface area contributed by atoms with Crippen molar-refractivity contribution in [3.63, 3.8) is 0 Å². The van der Waals surface area contributed by atoms with E-state index in [4.69, 9.17) is 4.74 Å². The van der Waals surface area contributed by atoms with Crippen LogP contribution in [-0.4, -0.2) is 31.1 Å². The van der Waals surface area contributed by atoms with Crippen molar-refractivity contribution in [2.24, 2.45) is 0 Å². The van der Waals surface area contributed by atoms with Crippen molar-refractivity contribution in [2.75, 3.05) is 13.2 Å². The number of imide groups is 1. The van der Waals surface area contributed by atoms with Crippen molar-refractivity contribution in [2.45, 2.75) is 0 Å². The molecule has 0 spiro atoms. The van der Waals surface area contributed by atoms with Crippen LogP contribution in [0.5, 0.6) is 0 Å². The van der Waals surface area contributed by atoms with E-state index < -0.39 is 24.5 Å². The lowest BCUT2D eigenvalue weighted by atomic mass is 10.3. The summed E-state index contributed by atoms with van der Waals surface area (Å²) in [7, 11) is 0. The normalized spacial score (nSPS) is 9.33. The zero-order chi connectivity index (χ0) is 13.4. The van der Waals surface area contributed by atoms with Crippen molar-refractivity contribution in [3.8, 4) is 0 Å². The summed E-state index contributed by atoms with van der Waals surface area (Å²) < 4.78 is 4.71. The van der Waals surface area contributed by atoms with Crippen LogP contribution < -0.4 is 10.6 Å². The van der Waals surface area contributed by atoms with Gasteiger partial charge < -0.3 is 10.1 Å².